The molecule has 0 aromatic heterocycles. The third-order valence-electron chi connectivity index (χ3n) is 4.14. The van der Waals surface area contributed by atoms with Crippen LogP contribution in [-0.4, -0.2) is 42.2 Å². The van der Waals surface area contributed by atoms with Crippen LogP contribution in [0.15, 0.2) is 42.5 Å². The van der Waals surface area contributed by atoms with E-state index >= 15 is 0 Å². The third-order valence-corrected chi connectivity index (χ3v) is 4.67. The Kier molecular flexibility index (Phi) is 6.40. The van der Waals surface area contributed by atoms with Crippen LogP contribution >= 0.6 is 23.8 Å². The highest BCUT2D eigenvalue weighted by molar-refractivity contribution is 7.80. The van der Waals surface area contributed by atoms with Crippen molar-refractivity contribution in [3.05, 3.63) is 63.2 Å². The molecule has 0 spiro atoms. The molecule has 1 aliphatic rings. The van der Waals surface area contributed by atoms with Crippen LogP contribution in [-0.2, 0) is 4.74 Å². The summed E-state index contributed by atoms with van der Waals surface area (Å²) in [6.07, 6.45) is 0. The van der Waals surface area contributed by atoms with Gasteiger partial charge in [-0.05, 0) is 30.4 Å². The lowest BCUT2D eigenvalue weighted by molar-refractivity contribution is -0.384. The molecule has 1 aliphatic heterocycles. The van der Waals surface area contributed by atoms with E-state index in [2.05, 4.69) is 10.6 Å². The molecule has 0 unspecified atom stereocenters. The number of ether oxygens (including phenoxy) is 1. The van der Waals surface area contributed by atoms with Gasteiger partial charge in [0, 0.05) is 25.2 Å². The molecule has 10 heteroatoms. The number of nitrogens with one attached hydrogen (secondary N) is 2. The fourth-order valence-corrected chi connectivity index (χ4v) is 3.17. The van der Waals surface area contributed by atoms with Crippen molar-refractivity contribution in [1.29, 1.82) is 0 Å². The molecule has 0 radical (unpaired) electrons. The monoisotopic (exact) mass is 420 g/mol. The first-order valence-electron chi connectivity index (χ1n) is 8.43. The minimum Gasteiger partial charge on any atom is -0.378 e. The van der Waals surface area contributed by atoms with Crippen molar-refractivity contribution >= 4 is 51.9 Å². The molecule has 2 N–H and O–H groups in total. The number of nitrogens with zero attached hydrogens (tertiary/aromatic N) is 2. The predicted molar refractivity (Wildman–Crippen MR) is 111 cm³/mol. The van der Waals surface area contributed by atoms with Gasteiger partial charge in [0.05, 0.1) is 40.1 Å². The number of nitro groups is 1. The number of morpholine rings is 1. The number of thiocarbonyl (C=S) groups is 1. The number of halogens is 1. The maximum absolute atomic E-state index is 12.8. The van der Waals surface area contributed by atoms with E-state index in [1.54, 1.807) is 30.3 Å². The van der Waals surface area contributed by atoms with Crippen LogP contribution in [0.3, 0.4) is 0 Å². The van der Waals surface area contributed by atoms with E-state index in [4.69, 9.17) is 28.6 Å². The van der Waals surface area contributed by atoms with E-state index in [0.29, 0.717) is 42.7 Å². The van der Waals surface area contributed by atoms with Crippen LogP contribution in [0.2, 0.25) is 5.02 Å². The summed E-state index contributed by atoms with van der Waals surface area (Å²) in [5.74, 6) is -0.547. The Bertz CT molecular complexity index is 918. The van der Waals surface area contributed by atoms with Gasteiger partial charge < -0.3 is 15.0 Å². The van der Waals surface area contributed by atoms with Crippen molar-refractivity contribution in [1.82, 2.24) is 5.32 Å². The minimum absolute atomic E-state index is 0.0394. The second-order valence-electron chi connectivity index (χ2n) is 5.95. The van der Waals surface area contributed by atoms with Gasteiger partial charge in [0.25, 0.3) is 11.6 Å². The Labute approximate surface area is 171 Å². The number of hydrogen-bond acceptors (Lipinski definition) is 6. The highest BCUT2D eigenvalue weighted by atomic mass is 35.5. The number of non-ortho nitro benzene ring substituents is 1. The van der Waals surface area contributed by atoms with E-state index in [1.807, 2.05) is 4.90 Å². The second-order valence-corrected chi connectivity index (χ2v) is 6.76. The second kappa shape index (κ2) is 8.96. The molecule has 1 fully saturated rings. The number of hydrogen-bond donors (Lipinski definition) is 2. The molecule has 0 aliphatic carbocycles. The fraction of sp³-hybridized carbons (Fsp3) is 0.222. The Balaban J connectivity index is 1.82. The van der Waals surface area contributed by atoms with Crippen LogP contribution < -0.4 is 15.5 Å². The van der Waals surface area contributed by atoms with E-state index in [0.717, 1.165) is 0 Å². The van der Waals surface area contributed by atoms with Gasteiger partial charge in [-0.25, -0.2) is 0 Å². The lowest BCUT2D eigenvalue weighted by Crippen LogP contribution is -2.39. The van der Waals surface area contributed by atoms with E-state index < -0.39 is 10.8 Å². The summed E-state index contributed by atoms with van der Waals surface area (Å²) >= 11 is 11.3. The van der Waals surface area contributed by atoms with Crippen molar-refractivity contribution in [2.24, 2.45) is 0 Å². The van der Waals surface area contributed by atoms with Crippen molar-refractivity contribution in [2.45, 2.75) is 0 Å². The first kappa shape index (κ1) is 20.0. The normalized spacial score (nSPS) is 13.7. The lowest BCUT2D eigenvalue weighted by Gasteiger charge is -2.30. The standard InChI is InChI=1S/C18H17ClN4O4S/c19-14-3-1-2-4-15(14)20-18(28)21-17(24)13-11-12(23(25)26)5-6-16(13)22-7-9-27-10-8-22/h1-6,11H,7-10H2,(H2,20,21,24,28). The van der Waals surface area contributed by atoms with Gasteiger partial charge >= 0.3 is 0 Å². The first-order valence-corrected chi connectivity index (χ1v) is 9.22. The van der Waals surface area contributed by atoms with Gasteiger partial charge in [-0.2, -0.15) is 0 Å². The van der Waals surface area contributed by atoms with Crippen LogP contribution in [0.4, 0.5) is 17.1 Å². The number of para-hydroxylation sites is 1. The molecule has 3 rings (SSSR count). The summed E-state index contributed by atoms with van der Waals surface area (Å²) in [5, 5.41) is 17.0. The number of amides is 1. The van der Waals surface area contributed by atoms with Crippen LogP contribution in [0.5, 0.6) is 0 Å². The van der Waals surface area contributed by atoms with Crippen LogP contribution in [0.25, 0.3) is 0 Å². The minimum atomic E-state index is -0.547. The molecule has 2 aromatic carbocycles. The molecule has 1 saturated heterocycles. The number of rotatable bonds is 4. The van der Waals surface area contributed by atoms with Gasteiger partial charge in [-0.1, -0.05) is 23.7 Å². The van der Waals surface area contributed by atoms with E-state index in [-0.39, 0.29) is 16.4 Å². The molecular formula is C18H17ClN4O4S. The number of carbonyl (C=O) groups is 1. The zero-order chi connectivity index (χ0) is 20.1. The molecule has 146 valence electrons. The van der Waals surface area contributed by atoms with Crippen LogP contribution in [0, 0.1) is 10.1 Å². The summed E-state index contributed by atoms with van der Waals surface area (Å²) in [5.41, 5.74) is 1.13. The molecule has 0 atom stereocenters. The van der Waals surface area contributed by atoms with Crippen molar-refractivity contribution in [3.8, 4) is 0 Å². The van der Waals surface area contributed by atoms with Crippen LogP contribution in [0.1, 0.15) is 10.4 Å². The number of nitro benzene ring substituents is 1. The van der Waals surface area contributed by atoms with Gasteiger partial charge in [-0.3, -0.25) is 20.2 Å². The average molecular weight is 421 g/mol. The fourth-order valence-electron chi connectivity index (χ4n) is 2.79. The highest BCUT2D eigenvalue weighted by Gasteiger charge is 2.22. The van der Waals surface area contributed by atoms with Gasteiger partial charge in [-0.15, -0.1) is 0 Å². The first-order chi connectivity index (χ1) is 13.5. The lowest BCUT2D eigenvalue weighted by atomic mass is 10.1. The zero-order valence-electron chi connectivity index (χ0n) is 14.7. The summed E-state index contributed by atoms with van der Waals surface area (Å²) < 4.78 is 5.33. The Morgan fingerprint density at radius 2 is 1.93 bits per heavy atom. The summed E-state index contributed by atoms with van der Waals surface area (Å²) in [7, 11) is 0. The summed E-state index contributed by atoms with van der Waals surface area (Å²) in [6.45, 7) is 2.20. The van der Waals surface area contributed by atoms with Crippen molar-refractivity contribution in [3.63, 3.8) is 0 Å². The number of benzene rings is 2. The SMILES string of the molecule is O=C(NC(=S)Nc1ccccc1Cl)c1cc([N+](=O)[O-])ccc1N1CCOCC1. The Morgan fingerprint density at radius 1 is 1.21 bits per heavy atom. The van der Waals surface area contributed by atoms with Gasteiger partial charge in [0.1, 0.15) is 0 Å². The molecule has 2 aromatic rings. The maximum atomic E-state index is 12.8. The molecule has 28 heavy (non-hydrogen) atoms. The molecular weight excluding hydrogens is 404 g/mol. The molecule has 1 heterocycles. The molecule has 0 saturated carbocycles. The predicted octanol–water partition coefficient (Wildman–Crippen LogP) is 3.21. The van der Waals surface area contributed by atoms with Gasteiger partial charge in [0.2, 0.25) is 0 Å². The number of anilines is 2. The van der Waals surface area contributed by atoms with Gasteiger partial charge in [0.15, 0.2) is 5.11 Å². The quantitative estimate of drug-likeness (QED) is 0.445. The average Bonchev–Trinajstić information content (AvgIpc) is 2.70. The summed E-state index contributed by atoms with van der Waals surface area (Å²) in [6, 6.07) is 11.1. The van der Waals surface area contributed by atoms with E-state index in [1.165, 1.54) is 12.1 Å². The van der Waals surface area contributed by atoms with E-state index in [9.17, 15) is 14.9 Å². The zero-order valence-corrected chi connectivity index (χ0v) is 16.3. The van der Waals surface area contributed by atoms with Crippen molar-refractivity contribution < 1.29 is 14.5 Å². The summed E-state index contributed by atoms with van der Waals surface area (Å²) in [4.78, 5) is 25.4. The maximum Gasteiger partial charge on any atom is 0.270 e. The third kappa shape index (κ3) is 4.75. The Morgan fingerprint density at radius 3 is 2.61 bits per heavy atom. The highest BCUT2D eigenvalue weighted by Crippen LogP contribution is 2.26. The topological polar surface area (TPSA) is 96.7 Å². The van der Waals surface area contributed by atoms with Crippen molar-refractivity contribution in [2.75, 3.05) is 36.5 Å². The largest absolute Gasteiger partial charge is 0.378 e. The molecule has 0 bridgehead atoms. The molecule has 8 nitrogen and oxygen atoms in total. The Hall–Kier alpha value is -2.75. The number of carbonyl (C=O) groups excluding carboxylic acids is 1. The smallest absolute Gasteiger partial charge is 0.270 e. The molecule has 1 amide bonds.